The van der Waals surface area contributed by atoms with Crippen LogP contribution in [0, 0.1) is 6.92 Å². The van der Waals surface area contributed by atoms with Crippen LogP contribution in [0.3, 0.4) is 0 Å². The summed E-state index contributed by atoms with van der Waals surface area (Å²) >= 11 is 0. The van der Waals surface area contributed by atoms with Crippen LogP contribution in [-0.2, 0) is 0 Å². The molecule has 0 fully saturated rings. The molecule has 0 aromatic carbocycles. The standard InChI is InChI=1S/C13H12N6O/c1-6-8-4-9(7-2-3-10(14)16-5-7)12(20)18-11(8)19-13(15)17-6/h2-5H,1H3,(H2,14,16)(H3,15,17,18,19,20). The van der Waals surface area contributed by atoms with Crippen LogP contribution in [0.2, 0.25) is 0 Å². The molecule has 0 radical (unpaired) electrons. The third kappa shape index (κ3) is 1.95. The molecule has 5 N–H and O–H groups in total. The van der Waals surface area contributed by atoms with Gasteiger partial charge >= 0.3 is 0 Å². The highest BCUT2D eigenvalue weighted by atomic mass is 16.1. The number of nitrogens with one attached hydrogen (secondary N) is 1. The topological polar surface area (TPSA) is 124 Å². The first kappa shape index (κ1) is 12.1. The van der Waals surface area contributed by atoms with E-state index in [0.717, 1.165) is 5.39 Å². The quantitative estimate of drug-likeness (QED) is 0.601. The Hall–Kier alpha value is -2.96. The first-order valence-electron chi connectivity index (χ1n) is 5.93. The van der Waals surface area contributed by atoms with Crippen molar-refractivity contribution in [2.45, 2.75) is 6.92 Å². The van der Waals surface area contributed by atoms with Crippen molar-refractivity contribution in [3.8, 4) is 11.1 Å². The van der Waals surface area contributed by atoms with Gasteiger partial charge in [0.25, 0.3) is 5.56 Å². The summed E-state index contributed by atoms with van der Waals surface area (Å²) in [4.78, 5) is 26.9. The molecule has 7 nitrogen and oxygen atoms in total. The van der Waals surface area contributed by atoms with Gasteiger partial charge in [-0.25, -0.2) is 9.97 Å². The second-order valence-electron chi connectivity index (χ2n) is 4.41. The van der Waals surface area contributed by atoms with Gasteiger partial charge in [-0.2, -0.15) is 4.98 Å². The van der Waals surface area contributed by atoms with Crippen molar-refractivity contribution in [1.82, 2.24) is 19.9 Å². The van der Waals surface area contributed by atoms with Crippen LogP contribution >= 0.6 is 0 Å². The number of nitrogens with zero attached hydrogens (tertiary/aromatic N) is 3. The molecule has 0 bridgehead atoms. The van der Waals surface area contributed by atoms with Gasteiger partial charge in [0.05, 0.1) is 5.69 Å². The molecule has 100 valence electrons. The third-order valence-corrected chi connectivity index (χ3v) is 3.02. The van der Waals surface area contributed by atoms with Crippen LogP contribution in [0.15, 0.2) is 29.2 Å². The van der Waals surface area contributed by atoms with Crippen LogP contribution in [0.4, 0.5) is 11.8 Å². The summed E-state index contributed by atoms with van der Waals surface area (Å²) in [6.07, 6.45) is 1.55. The van der Waals surface area contributed by atoms with Gasteiger partial charge in [0, 0.05) is 22.7 Å². The zero-order chi connectivity index (χ0) is 14.3. The number of hydrogen-bond acceptors (Lipinski definition) is 6. The van der Waals surface area contributed by atoms with E-state index < -0.39 is 0 Å². The number of aromatic nitrogens is 4. The van der Waals surface area contributed by atoms with E-state index in [-0.39, 0.29) is 11.5 Å². The molecular weight excluding hydrogens is 256 g/mol. The van der Waals surface area contributed by atoms with E-state index in [9.17, 15) is 4.79 Å². The van der Waals surface area contributed by atoms with Crippen molar-refractivity contribution in [3.63, 3.8) is 0 Å². The molecule has 0 saturated heterocycles. The molecule has 0 spiro atoms. The number of aryl methyl sites for hydroxylation is 1. The Kier molecular flexibility index (Phi) is 2.60. The first-order valence-corrected chi connectivity index (χ1v) is 5.93. The van der Waals surface area contributed by atoms with Gasteiger partial charge in [-0.3, -0.25) is 4.79 Å². The monoisotopic (exact) mass is 268 g/mol. The van der Waals surface area contributed by atoms with Gasteiger partial charge in [0.2, 0.25) is 5.95 Å². The lowest BCUT2D eigenvalue weighted by Gasteiger charge is -2.05. The Morgan fingerprint density at radius 2 is 2.00 bits per heavy atom. The molecule has 3 rings (SSSR count). The van der Waals surface area contributed by atoms with Gasteiger partial charge in [0.15, 0.2) is 0 Å². The van der Waals surface area contributed by atoms with E-state index in [0.29, 0.717) is 28.3 Å². The smallest absolute Gasteiger partial charge is 0.257 e. The van der Waals surface area contributed by atoms with Crippen LogP contribution < -0.4 is 17.0 Å². The predicted octanol–water partition coefficient (Wildman–Crippen LogP) is 0.853. The molecule has 3 aromatic rings. The lowest BCUT2D eigenvalue weighted by molar-refractivity contribution is 1.13. The minimum Gasteiger partial charge on any atom is -0.384 e. The Morgan fingerprint density at radius 3 is 2.70 bits per heavy atom. The summed E-state index contributed by atoms with van der Waals surface area (Å²) in [7, 11) is 0. The number of aromatic amines is 1. The number of hydrogen-bond donors (Lipinski definition) is 3. The summed E-state index contributed by atoms with van der Waals surface area (Å²) in [6.45, 7) is 1.81. The number of anilines is 2. The van der Waals surface area contributed by atoms with E-state index in [1.807, 2.05) is 6.92 Å². The Bertz CT molecular complexity index is 853. The fraction of sp³-hybridized carbons (Fsp3) is 0.0769. The SMILES string of the molecule is Cc1nc(N)nc2[nH]c(=O)c(-c3ccc(N)nc3)cc12. The summed E-state index contributed by atoms with van der Waals surface area (Å²) in [5, 5.41) is 0.741. The number of H-pyrrole nitrogens is 1. The van der Waals surface area contributed by atoms with Gasteiger partial charge in [0.1, 0.15) is 11.5 Å². The molecule has 0 aliphatic carbocycles. The number of rotatable bonds is 1. The van der Waals surface area contributed by atoms with Gasteiger partial charge in [-0.1, -0.05) is 0 Å². The maximum Gasteiger partial charge on any atom is 0.257 e. The lowest BCUT2D eigenvalue weighted by Crippen LogP contribution is -2.11. The van der Waals surface area contributed by atoms with Crippen molar-refractivity contribution in [2.24, 2.45) is 0 Å². The van der Waals surface area contributed by atoms with E-state index in [1.165, 1.54) is 0 Å². The lowest BCUT2D eigenvalue weighted by atomic mass is 10.1. The molecule has 3 heterocycles. The number of nitrogens with two attached hydrogens (primary N) is 2. The van der Waals surface area contributed by atoms with Crippen molar-refractivity contribution in [2.75, 3.05) is 11.5 Å². The van der Waals surface area contributed by atoms with Crippen molar-refractivity contribution < 1.29 is 0 Å². The zero-order valence-electron chi connectivity index (χ0n) is 10.7. The normalized spacial score (nSPS) is 10.8. The van der Waals surface area contributed by atoms with Crippen LogP contribution in [0.1, 0.15) is 5.69 Å². The first-order chi connectivity index (χ1) is 9.54. The molecule has 7 heteroatoms. The molecule has 0 aliphatic heterocycles. The summed E-state index contributed by atoms with van der Waals surface area (Å²) < 4.78 is 0. The summed E-state index contributed by atoms with van der Waals surface area (Å²) in [5.41, 5.74) is 13.1. The highest BCUT2D eigenvalue weighted by Gasteiger charge is 2.09. The van der Waals surface area contributed by atoms with Crippen LogP contribution in [0.25, 0.3) is 22.2 Å². The maximum absolute atomic E-state index is 12.1. The van der Waals surface area contributed by atoms with Gasteiger partial charge in [-0.15, -0.1) is 0 Å². The Labute approximate surface area is 113 Å². The second kappa shape index (κ2) is 4.30. The average Bonchev–Trinajstić information content (AvgIpc) is 2.39. The second-order valence-corrected chi connectivity index (χ2v) is 4.41. The predicted molar refractivity (Wildman–Crippen MR) is 77.0 cm³/mol. The largest absolute Gasteiger partial charge is 0.384 e. The molecule has 20 heavy (non-hydrogen) atoms. The maximum atomic E-state index is 12.1. The van der Waals surface area contributed by atoms with Gasteiger partial charge < -0.3 is 16.5 Å². The van der Waals surface area contributed by atoms with E-state index >= 15 is 0 Å². The van der Waals surface area contributed by atoms with Crippen molar-refractivity contribution in [3.05, 3.63) is 40.4 Å². The fourth-order valence-corrected chi connectivity index (χ4v) is 2.04. The molecule has 3 aromatic heterocycles. The highest BCUT2D eigenvalue weighted by Crippen LogP contribution is 2.20. The Morgan fingerprint density at radius 1 is 1.20 bits per heavy atom. The van der Waals surface area contributed by atoms with Crippen molar-refractivity contribution in [1.29, 1.82) is 0 Å². The van der Waals surface area contributed by atoms with Crippen molar-refractivity contribution >= 4 is 22.8 Å². The van der Waals surface area contributed by atoms with Crippen LogP contribution in [-0.4, -0.2) is 19.9 Å². The average molecular weight is 268 g/mol. The third-order valence-electron chi connectivity index (χ3n) is 3.02. The Balaban J connectivity index is 2.29. The van der Waals surface area contributed by atoms with E-state index in [4.69, 9.17) is 11.5 Å². The number of pyridine rings is 2. The number of nitrogen functional groups attached to an aromatic ring is 2. The molecule has 0 unspecified atom stereocenters. The van der Waals surface area contributed by atoms with E-state index in [1.54, 1.807) is 24.4 Å². The van der Waals surface area contributed by atoms with Gasteiger partial charge in [-0.05, 0) is 25.1 Å². The summed E-state index contributed by atoms with van der Waals surface area (Å²) in [6, 6.07) is 5.12. The molecular formula is C13H12N6O. The minimum absolute atomic E-state index is 0.132. The molecule has 0 atom stereocenters. The van der Waals surface area contributed by atoms with Crippen LogP contribution in [0.5, 0.6) is 0 Å². The summed E-state index contributed by atoms with van der Waals surface area (Å²) in [5.74, 6) is 0.533. The minimum atomic E-state index is -0.262. The highest BCUT2D eigenvalue weighted by molar-refractivity contribution is 5.83. The molecule has 0 aliphatic rings. The molecule has 0 saturated carbocycles. The number of fused-ring (bicyclic) bond motifs is 1. The fourth-order valence-electron chi connectivity index (χ4n) is 2.04. The van der Waals surface area contributed by atoms with E-state index in [2.05, 4.69) is 19.9 Å². The zero-order valence-corrected chi connectivity index (χ0v) is 10.7. The molecule has 0 amide bonds.